The summed E-state index contributed by atoms with van der Waals surface area (Å²) in [4.78, 5) is 0. The summed E-state index contributed by atoms with van der Waals surface area (Å²) in [5.74, 6) is 1.48. The second-order valence-electron chi connectivity index (χ2n) is 8.24. The van der Waals surface area contributed by atoms with Gasteiger partial charge in [-0.2, -0.15) is 0 Å². The Kier molecular flexibility index (Phi) is 17.3. The van der Waals surface area contributed by atoms with E-state index in [0.29, 0.717) is 13.2 Å². The average molecular weight is 433 g/mol. The van der Waals surface area contributed by atoms with Gasteiger partial charge in [0.05, 0.1) is 13.2 Å². The Morgan fingerprint density at radius 2 is 1.21 bits per heavy atom. The Bertz CT molecular complexity index is 482. The van der Waals surface area contributed by atoms with Crippen molar-refractivity contribution in [1.82, 2.24) is 0 Å². The van der Waals surface area contributed by atoms with E-state index < -0.39 is 6.95 Å². The van der Waals surface area contributed by atoms with Crippen molar-refractivity contribution in [3.8, 4) is 0 Å². The van der Waals surface area contributed by atoms with Gasteiger partial charge < -0.3 is 0 Å². The van der Waals surface area contributed by atoms with E-state index >= 15 is 0 Å². The van der Waals surface area contributed by atoms with Crippen molar-refractivity contribution in [3.63, 3.8) is 0 Å². The maximum atomic E-state index is 11.8. The molecule has 0 aliphatic carbocycles. The monoisotopic (exact) mass is 432 g/mol. The fourth-order valence-corrected chi connectivity index (χ4v) is 3.76. The number of halogens is 1. The van der Waals surface area contributed by atoms with Gasteiger partial charge in [0.2, 0.25) is 0 Å². The second kappa shape index (κ2) is 17.5. The van der Waals surface area contributed by atoms with Crippen LogP contribution in [-0.2, 0) is 13.6 Å². The van der Waals surface area contributed by atoms with Crippen LogP contribution in [0.3, 0.4) is 0 Å². The van der Waals surface area contributed by atoms with E-state index in [1.54, 1.807) is 0 Å². The fourth-order valence-electron chi connectivity index (χ4n) is 2.58. The van der Waals surface area contributed by atoms with E-state index in [0.717, 1.165) is 37.5 Å². The maximum Gasteiger partial charge on any atom is 0.424 e. The molecule has 0 saturated carbocycles. The van der Waals surface area contributed by atoms with Crippen LogP contribution in [0.25, 0.3) is 0 Å². The first-order valence-electron chi connectivity index (χ1n) is 10.8. The highest BCUT2D eigenvalue weighted by Crippen LogP contribution is 2.53. The van der Waals surface area contributed by atoms with E-state index in [9.17, 15) is 4.57 Å². The molecule has 0 saturated heterocycles. The summed E-state index contributed by atoms with van der Waals surface area (Å²) in [6, 6.07) is 10.3. The predicted molar refractivity (Wildman–Crippen MR) is 123 cm³/mol. The molecule has 164 valence electrons. The molecule has 0 heterocycles. The molecule has 1 rings (SSSR count). The lowest BCUT2D eigenvalue weighted by molar-refractivity contribution is 0.210. The van der Waals surface area contributed by atoms with Gasteiger partial charge in [-0.25, -0.2) is 4.57 Å². The molecule has 0 fully saturated rings. The lowest BCUT2D eigenvalue weighted by atomic mass is 10.1. The van der Waals surface area contributed by atoms with Gasteiger partial charge in [-0.15, -0.1) is 0 Å². The third kappa shape index (κ3) is 20.4. The predicted octanol–water partition coefficient (Wildman–Crippen LogP) is 8.79. The Morgan fingerprint density at radius 1 is 0.786 bits per heavy atom. The molecule has 3 nitrogen and oxygen atoms in total. The maximum absolute atomic E-state index is 11.8. The summed E-state index contributed by atoms with van der Waals surface area (Å²) in [5, 5.41) is 0. The minimum atomic E-state index is -3.36. The largest absolute Gasteiger partial charge is 0.424 e. The smallest absolute Gasteiger partial charge is 0.297 e. The van der Waals surface area contributed by atoms with Crippen LogP contribution in [0.5, 0.6) is 0 Å². The van der Waals surface area contributed by atoms with Gasteiger partial charge in [0, 0.05) is 11.2 Å². The highest BCUT2D eigenvalue weighted by Gasteiger charge is 2.19. The molecule has 0 N–H and O–H groups in total. The molecule has 1 aromatic carbocycles. The summed E-state index contributed by atoms with van der Waals surface area (Å²) in [5.41, 5.74) is 1.32. The molecule has 0 aliphatic heterocycles. The van der Waals surface area contributed by atoms with Crippen molar-refractivity contribution in [2.75, 3.05) is 13.2 Å². The topological polar surface area (TPSA) is 35.5 Å². The number of unbranched alkanes of at least 4 members (excludes halogenated alkanes) is 4. The minimum absolute atomic E-state index is 0.423. The van der Waals surface area contributed by atoms with Crippen LogP contribution in [0.2, 0.25) is 0 Å². The third-order valence-corrected chi connectivity index (χ3v) is 5.85. The molecule has 0 bridgehead atoms. The molecule has 1 aromatic rings. The van der Waals surface area contributed by atoms with Crippen LogP contribution < -0.4 is 0 Å². The molecule has 0 aliphatic rings. The first kappa shape index (κ1) is 27.7. The molecule has 0 spiro atoms. The zero-order chi connectivity index (χ0) is 21.3. The van der Waals surface area contributed by atoms with Crippen LogP contribution in [0, 0.1) is 18.8 Å². The van der Waals surface area contributed by atoms with E-state index in [1.807, 2.05) is 18.2 Å². The van der Waals surface area contributed by atoms with Gasteiger partial charge in [0.25, 0.3) is 0 Å². The molecule has 0 amide bonds. The van der Waals surface area contributed by atoms with Crippen LogP contribution in [0.1, 0.15) is 84.6 Å². The van der Waals surface area contributed by atoms with Crippen molar-refractivity contribution in [3.05, 3.63) is 35.9 Å². The summed E-state index contributed by atoms with van der Waals surface area (Å²) in [6.45, 7) is 8.46. The zero-order valence-corrected chi connectivity index (χ0v) is 20.3. The van der Waals surface area contributed by atoms with Crippen LogP contribution in [-0.4, -0.2) is 13.2 Å². The molecule has 28 heavy (non-hydrogen) atoms. The number of hydrogen-bond acceptors (Lipinski definition) is 3. The average Bonchev–Trinajstić information content (AvgIpc) is 2.61. The number of rotatable bonds is 14. The van der Waals surface area contributed by atoms with Gasteiger partial charge in [-0.1, -0.05) is 102 Å². The summed E-state index contributed by atoms with van der Waals surface area (Å²) >= 11 is 5.77. The van der Waals surface area contributed by atoms with E-state index in [4.69, 9.17) is 20.3 Å². The van der Waals surface area contributed by atoms with Gasteiger partial charge in [0.15, 0.2) is 0 Å². The lowest BCUT2D eigenvalue weighted by Gasteiger charge is -2.12. The van der Waals surface area contributed by atoms with Gasteiger partial charge in [-0.05, 0) is 31.6 Å². The number of hydrogen-bond donors (Lipinski definition) is 0. The van der Waals surface area contributed by atoms with E-state index in [-0.39, 0.29) is 0 Å². The lowest BCUT2D eigenvalue weighted by Crippen LogP contribution is -1.97. The standard InChI is InChI=1S/C16H34ClO3P.C7H8/c1-15(2)11-7-5-9-13-19-21(17,18)20-14-10-6-8-12-16(3)4;1-7-5-3-2-4-6-7/h15-16H,5-14H2,1-4H3;2-6H,1H3. The van der Waals surface area contributed by atoms with Gasteiger partial charge >= 0.3 is 6.95 Å². The summed E-state index contributed by atoms with van der Waals surface area (Å²) < 4.78 is 22.2. The van der Waals surface area contributed by atoms with Crippen molar-refractivity contribution >= 4 is 18.2 Å². The van der Waals surface area contributed by atoms with Crippen molar-refractivity contribution < 1.29 is 13.6 Å². The Balaban J connectivity index is 0.000000861. The molecular weight excluding hydrogens is 391 g/mol. The SMILES string of the molecule is CC(C)CCCCCOP(=O)(Cl)OCCCCCC(C)C.Cc1ccccc1. The highest BCUT2D eigenvalue weighted by molar-refractivity contribution is 7.81. The van der Waals surface area contributed by atoms with Crippen molar-refractivity contribution in [2.45, 2.75) is 86.0 Å². The normalized spacial score (nSPS) is 11.6. The van der Waals surface area contributed by atoms with Crippen molar-refractivity contribution in [1.29, 1.82) is 0 Å². The molecule has 0 atom stereocenters. The van der Waals surface area contributed by atoms with Crippen LogP contribution in [0.15, 0.2) is 30.3 Å². The first-order valence-corrected chi connectivity index (χ1v) is 13.3. The molecule has 0 aromatic heterocycles. The molecule has 5 heteroatoms. The highest BCUT2D eigenvalue weighted by atomic mass is 35.7. The minimum Gasteiger partial charge on any atom is -0.297 e. The Hall–Kier alpha value is -0.340. The Morgan fingerprint density at radius 3 is 1.54 bits per heavy atom. The van der Waals surface area contributed by atoms with Gasteiger partial charge in [-0.3, -0.25) is 9.05 Å². The fraction of sp³-hybridized carbons (Fsp3) is 0.739. The first-order chi connectivity index (χ1) is 13.2. The summed E-state index contributed by atoms with van der Waals surface area (Å²) in [6.07, 6.45) is 8.78. The Labute approximate surface area is 178 Å². The van der Waals surface area contributed by atoms with Gasteiger partial charge in [0.1, 0.15) is 0 Å². The van der Waals surface area contributed by atoms with Crippen molar-refractivity contribution in [2.24, 2.45) is 11.8 Å². The molecular formula is C23H42ClO3P. The molecule has 0 radical (unpaired) electrons. The summed E-state index contributed by atoms with van der Waals surface area (Å²) in [7, 11) is 0. The van der Waals surface area contributed by atoms with E-state index in [2.05, 4.69) is 46.8 Å². The molecule has 0 unspecified atom stereocenters. The number of aryl methyl sites for hydroxylation is 1. The third-order valence-electron chi connectivity index (χ3n) is 4.28. The van der Waals surface area contributed by atoms with Crippen LogP contribution in [0.4, 0.5) is 0 Å². The van der Waals surface area contributed by atoms with E-state index in [1.165, 1.54) is 31.2 Å². The second-order valence-corrected chi connectivity index (χ2v) is 10.9. The van der Waals surface area contributed by atoms with Crippen LogP contribution >= 0.6 is 18.2 Å². The number of benzene rings is 1. The quantitative estimate of drug-likeness (QED) is 0.217. The zero-order valence-electron chi connectivity index (χ0n) is 18.7.